The predicted octanol–water partition coefficient (Wildman–Crippen LogP) is 7.90. The molecule has 0 aromatic heterocycles. The van der Waals surface area contributed by atoms with Gasteiger partial charge in [0.05, 0.1) is 19.6 Å². The van der Waals surface area contributed by atoms with Crippen LogP contribution in [-0.4, -0.2) is 39.2 Å². The van der Waals surface area contributed by atoms with Gasteiger partial charge in [-0.1, -0.05) is 129 Å². The van der Waals surface area contributed by atoms with E-state index in [1.807, 2.05) is 0 Å². The Morgan fingerprint density at radius 3 is 1.31 bits per heavy atom. The minimum absolute atomic E-state index is 0.219. The predicted molar refractivity (Wildman–Crippen MR) is 145 cm³/mol. The normalized spacial score (nSPS) is 12.9. The van der Waals surface area contributed by atoms with Crippen LogP contribution in [0.15, 0.2) is 0 Å². The van der Waals surface area contributed by atoms with Crippen molar-refractivity contribution in [1.29, 1.82) is 0 Å². The van der Waals surface area contributed by atoms with Gasteiger partial charge >= 0.3 is 11.9 Å². The number of hydrogen-bond acceptors (Lipinski definition) is 5. The van der Waals surface area contributed by atoms with E-state index >= 15 is 0 Å². The molecule has 1 N–H and O–H groups in total. The molecule has 0 spiro atoms. The molecule has 0 aliphatic heterocycles. The molecule has 0 amide bonds. The molecule has 0 saturated carbocycles. The summed E-state index contributed by atoms with van der Waals surface area (Å²) in [6, 6.07) is 0. The summed E-state index contributed by atoms with van der Waals surface area (Å²) in [6.07, 6.45) is 23.2. The van der Waals surface area contributed by atoms with Crippen molar-refractivity contribution in [1.82, 2.24) is 0 Å². The van der Waals surface area contributed by atoms with Crippen molar-refractivity contribution in [3.63, 3.8) is 0 Å². The van der Waals surface area contributed by atoms with E-state index < -0.39 is 34.7 Å². The minimum atomic E-state index is -2.46. The van der Waals surface area contributed by atoms with Crippen LogP contribution >= 0.6 is 0 Å². The van der Waals surface area contributed by atoms with Gasteiger partial charge in [-0.05, 0) is 12.8 Å². The molecule has 0 heterocycles. The number of carbonyl (C=O) groups is 2. The monoisotopic (exact) mass is 518 g/mol. The maximum Gasteiger partial charge on any atom is 0.324 e. The van der Waals surface area contributed by atoms with Crippen LogP contribution in [0.25, 0.3) is 0 Å². The molecule has 208 valence electrons. The SMILES string of the molecule is CCCCCCCCCCCCOC(=O)CC(C(=O)OCCCCCCCCCCCC)S(=O)O. The lowest BCUT2D eigenvalue weighted by molar-refractivity contribution is -0.150. The van der Waals surface area contributed by atoms with E-state index in [9.17, 15) is 18.4 Å². The standard InChI is InChI=1S/C28H54O6S/c1-3-5-7-9-11-13-15-17-19-21-23-33-27(29)25-26(35(31)32)28(30)34-24-22-20-18-16-14-12-10-8-6-4-2/h26H,3-25H2,1-2H3,(H,31,32). The maximum absolute atomic E-state index is 12.2. The van der Waals surface area contributed by atoms with E-state index in [1.54, 1.807) is 0 Å². The highest BCUT2D eigenvalue weighted by Gasteiger charge is 2.29. The van der Waals surface area contributed by atoms with Crippen LogP contribution in [0.5, 0.6) is 0 Å². The summed E-state index contributed by atoms with van der Waals surface area (Å²) >= 11 is -2.46. The fourth-order valence-electron chi connectivity index (χ4n) is 4.08. The van der Waals surface area contributed by atoms with Crippen molar-refractivity contribution in [2.24, 2.45) is 0 Å². The summed E-state index contributed by atoms with van der Waals surface area (Å²) in [5.74, 6) is -1.41. The topological polar surface area (TPSA) is 89.9 Å². The summed E-state index contributed by atoms with van der Waals surface area (Å²) in [7, 11) is 0. The molecule has 0 aliphatic rings. The Labute approximate surface area is 218 Å². The number of rotatable bonds is 26. The molecule has 0 aromatic carbocycles. The quantitative estimate of drug-likeness (QED) is 0.0711. The molecule has 6 nitrogen and oxygen atoms in total. The third kappa shape index (κ3) is 23.2. The van der Waals surface area contributed by atoms with E-state index in [0.717, 1.165) is 38.5 Å². The molecule has 0 saturated heterocycles. The van der Waals surface area contributed by atoms with Crippen LogP contribution in [-0.2, 0) is 30.1 Å². The minimum Gasteiger partial charge on any atom is -0.466 e. The van der Waals surface area contributed by atoms with Crippen molar-refractivity contribution in [2.45, 2.75) is 154 Å². The Bertz CT molecular complexity index is 526. The van der Waals surface area contributed by atoms with Gasteiger partial charge in [0.25, 0.3) is 0 Å². The highest BCUT2D eigenvalue weighted by Crippen LogP contribution is 2.13. The van der Waals surface area contributed by atoms with Gasteiger partial charge in [0, 0.05) is 0 Å². The van der Waals surface area contributed by atoms with Gasteiger partial charge in [-0.2, -0.15) is 0 Å². The largest absolute Gasteiger partial charge is 0.466 e. The average Bonchev–Trinajstić information content (AvgIpc) is 2.84. The highest BCUT2D eigenvalue weighted by atomic mass is 32.2. The third-order valence-electron chi connectivity index (χ3n) is 6.36. The van der Waals surface area contributed by atoms with Crippen molar-refractivity contribution >= 4 is 23.0 Å². The molecule has 35 heavy (non-hydrogen) atoms. The molecule has 0 aliphatic carbocycles. The van der Waals surface area contributed by atoms with E-state index in [1.165, 1.54) is 89.9 Å². The summed E-state index contributed by atoms with van der Waals surface area (Å²) in [4.78, 5) is 24.2. The van der Waals surface area contributed by atoms with Crippen LogP contribution in [0, 0.1) is 0 Å². The fourth-order valence-corrected chi connectivity index (χ4v) is 4.59. The lowest BCUT2D eigenvalue weighted by Gasteiger charge is -2.12. The van der Waals surface area contributed by atoms with Gasteiger partial charge < -0.3 is 14.0 Å². The second kappa shape index (κ2) is 26.1. The second-order valence-corrected chi connectivity index (χ2v) is 10.8. The van der Waals surface area contributed by atoms with Crippen LogP contribution in [0.3, 0.4) is 0 Å². The van der Waals surface area contributed by atoms with E-state index in [-0.39, 0.29) is 13.2 Å². The van der Waals surface area contributed by atoms with Crippen molar-refractivity contribution in [2.75, 3.05) is 13.2 Å². The molecule has 2 atom stereocenters. The van der Waals surface area contributed by atoms with Gasteiger partial charge in [0.2, 0.25) is 0 Å². The zero-order chi connectivity index (χ0) is 26.0. The van der Waals surface area contributed by atoms with Crippen LogP contribution in [0.1, 0.15) is 149 Å². The van der Waals surface area contributed by atoms with Gasteiger partial charge in [-0.3, -0.25) is 9.59 Å². The Hall–Kier alpha value is -0.950. The first kappa shape index (κ1) is 34.0. The zero-order valence-electron chi connectivity index (χ0n) is 22.7. The maximum atomic E-state index is 12.2. The Morgan fingerprint density at radius 1 is 0.600 bits per heavy atom. The first-order valence-electron chi connectivity index (χ1n) is 14.4. The van der Waals surface area contributed by atoms with Crippen LogP contribution < -0.4 is 0 Å². The molecule has 0 rings (SSSR count). The van der Waals surface area contributed by atoms with Crippen molar-refractivity contribution in [3.05, 3.63) is 0 Å². The van der Waals surface area contributed by atoms with Gasteiger partial charge in [-0.15, -0.1) is 0 Å². The number of unbranched alkanes of at least 4 members (excludes halogenated alkanes) is 18. The zero-order valence-corrected chi connectivity index (χ0v) is 23.6. The molecule has 0 aromatic rings. The molecule has 2 unspecified atom stereocenters. The second-order valence-electron chi connectivity index (χ2n) is 9.72. The van der Waals surface area contributed by atoms with Crippen LogP contribution in [0.2, 0.25) is 0 Å². The first-order valence-corrected chi connectivity index (χ1v) is 15.6. The number of carbonyl (C=O) groups excluding carboxylic acids is 2. The van der Waals surface area contributed by atoms with Gasteiger partial charge in [-0.25, -0.2) is 4.21 Å². The number of ether oxygens (including phenoxy) is 2. The first-order chi connectivity index (χ1) is 17.0. The smallest absolute Gasteiger partial charge is 0.324 e. The molecular weight excluding hydrogens is 464 g/mol. The summed E-state index contributed by atoms with van der Waals surface area (Å²) in [5.41, 5.74) is 0. The molecule has 0 fully saturated rings. The van der Waals surface area contributed by atoms with E-state index in [4.69, 9.17) is 9.47 Å². The lowest BCUT2D eigenvalue weighted by Crippen LogP contribution is -2.31. The van der Waals surface area contributed by atoms with Crippen molar-refractivity contribution < 1.29 is 27.8 Å². The lowest BCUT2D eigenvalue weighted by atomic mass is 10.1. The highest BCUT2D eigenvalue weighted by molar-refractivity contribution is 7.80. The van der Waals surface area contributed by atoms with E-state index in [2.05, 4.69) is 13.8 Å². The van der Waals surface area contributed by atoms with Gasteiger partial charge in [0.1, 0.15) is 0 Å². The Kier molecular flexibility index (Phi) is 25.4. The molecule has 0 radical (unpaired) electrons. The number of hydrogen-bond donors (Lipinski definition) is 1. The fraction of sp³-hybridized carbons (Fsp3) is 0.929. The Balaban J connectivity index is 3.76. The summed E-state index contributed by atoms with van der Waals surface area (Å²) < 4.78 is 31.3. The number of esters is 2. The summed E-state index contributed by atoms with van der Waals surface area (Å²) in [6.45, 7) is 4.95. The van der Waals surface area contributed by atoms with Crippen LogP contribution in [0.4, 0.5) is 0 Å². The van der Waals surface area contributed by atoms with E-state index in [0.29, 0.717) is 0 Å². The average molecular weight is 519 g/mol. The molecular formula is C28H54O6S. The third-order valence-corrected chi connectivity index (χ3v) is 7.21. The van der Waals surface area contributed by atoms with Gasteiger partial charge in [0.15, 0.2) is 16.3 Å². The van der Waals surface area contributed by atoms with Crippen molar-refractivity contribution in [3.8, 4) is 0 Å². The molecule has 0 bridgehead atoms. The Morgan fingerprint density at radius 2 is 0.943 bits per heavy atom. The molecule has 7 heteroatoms. The summed E-state index contributed by atoms with van der Waals surface area (Å²) in [5, 5.41) is -1.38.